The summed E-state index contributed by atoms with van der Waals surface area (Å²) in [6, 6.07) is 12.5. The van der Waals surface area contributed by atoms with Crippen molar-refractivity contribution < 1.29 is 13.9 Å². The number of piperazine rings is 1. The van der Waals surface area contributed by atoms with Crippen molar-refractivity contribution in [3.05, 3.63) is 54.3 Å². The number of aromatic nitrogens is 3. The van der Waals surface area contributed by atoms with E-state index in [1.807, 2.05) is 23.2 Å². The number of ether oxygens (including phenoxy) is 1. The van der Waals surface area contributed by atoms with Gasteiger partial charge in [-0.1, -0.05) is 24.8 Å². The zero-order valence-corrected chi connectivity index (χ0v) is 23.6. The number of rotatable bonds is 7. The van der Waals surface area contributed by atoms with Gasteiger partial charge in [0.1, 0.15) is 12.1 Å². The predicted octanol–water partition coefficient (Wildman–Crippen LogP) is 4.79. The number of halogens is 1. The maximum Gasteiger partial charge on any atom is 0.319 e. The first kappa shape index (κ1) is 27.1. The second-order valence-electron chi connectivity index (χ2n) is 10.5. The maximum atomic E-state index is 13.7. The van der Waals surface area contributed by atoms with Crippen molar-refractivity contribution in [2.45, 2.75) is 31.3 Å². The zero-order valence-electron chi connectivity index (χ0n) is 22.8. The van der Waals surface area contributed by atoms with Gasteiger partial charge in [-0.3, -0.25) is 9.78 Å². The minimum absolute atomic E-state index is 0.0539. The number of hydrogen-bond donors (Lipinski definition) is 0. The minimum Gasteiger partial charge on any atom is -0.462 e. The Morgan fingerprint density at radius 1 is 1.24 bits per heavy atom. The van der Waals surface area contributed by atoms with Crippen molar-refractivity contribution in [3.8, 4) is 23.2 Å². The third-order valence-electron chi connectivity index (χ3n) is 7.97. The van der Waals surface area contributed by atoms with Crippen molar-refractivity contribution in [2.24, 2.45) is 0 Å². The molecule has 0 aliphatic carbocycles. The fraction of sp³-hybridized carbons (Fsp3) is 0.367. The number of pyridine rings is 1. The van der Waals surface area contributed by atoms with E-state index in [0.29, 0.717) is 42.6 Å². The molecule has 0 saturated carbocycles. The van der Waals surface area contributed by atoms with Crippen molar-refractivity contribution in [1.29, 1.82) is 5.26 Å². The molecule has 5 heterocycles. The van der Waals surface area contributed by atoms with Crippen LogP contribution in [0.25, 0.3) is 32.2 Å². The largest absolute Gasteiger partial charge is 0.462 e. The number of carbonyl (C=O) groups excluding carboxylic acids is 1. The number of benzene rings is 1. The van der Waals surface area contributed by atoms with Crippen LogP contribution in [0.5, 0.6) is 6.01 Å². The number of thiophene rings is 1. The van der Waals surface area contributed by atoms with Crippen molar-refractivity contribution in [2.75, 3.05) is 44.7 Å². The number of likely N-dealkylation sites (N-methyl/N-ethyl adjacent to an activating group) is 1. The average molecular weight is 572 g/mol. The molecule has 9 nitrogen and oxygen atoms in total. The molecule has 3 aromatic heterocycles. The predicted molar refractivity (Wildman–Crippen MR) is 157 cm³/mol. The summed E-state index contributed by atoms with van der Waals surface area (Å²) in [7, 11) is 2.09. The summed E-state index contributed by atoms with van der Waals surface area (Å²) in [4.78, 5) is 32.5. The maximum absolute atomic E-state index is 13.7. The molecule has 2 saturated heterocycles. The summed E-state index contributed by atoms with van der Waals surface area (Å²) in [5.74, 6) is -1.25. The van der Waals surface area contributed by atoms with Crippen molar-refractivity contribution >= 4 is 44.2 Å². The number of nitrogens with zero attached hydrogens (tertiary/aromatic N) is 7. The summed E-state index contributed by atoms with van der Waals surface area (Å²) >= 11 is 1.69. The van der Waals surface area contributed by atoms with Gasteiger partial charge in [-0.25, -0.2) is 4.39 Å². The number of hydrogen-bond acceptors (Lipinski definition) is 9. The van der Waals surface area contributed by atoms with Crippen molar-refractivity contribution in [3.63, 3.8) is 0 Å². The van der Waals surface area contributed by atoms with E-state index in [-0.39, 0.29) is 19.0 Å². The van der Waals surface area contributed by atoms with E-state index in [9.17, 15) is 14.4 Å². The normalized spacial score (nSPS) is 19.5. The molecule has 4 aromatic rings. The summed E-state index contributed by atoms with van der Waals surface area (Å²) in [5, 5.41) is 12.7. The highest BCUT2D eigenvalue weighted by atomic mass is 32.1. The molecule has 0 N–H and O–H groups in total. The second-order valence-corrected chi connectivity index (χ2v) is 11.4. The fourth-order valence-electron chi connectivity index (χ4n) is 5.75. The van der Waals surface area contributed by atoms with Crippen LogP contribution in [0.2, 0.25) is 0 Å². The highest BCUT2D eigenvalue weighted by Crippen LogP contribution is 2.35. The van der Waals surface area contributed by atoms with Gasteiger partial charge in [0.2, 0.25) is 0 Å². The van der Waals surface area contributed by atoms with Crippen LogP contribution in [0.1, 0.15) is 19.3 Å². The average Bonchev–Trinajstić information content (AvgIpc) is 3.63. The van der Waals surface area contributed by atoms with Gasteiger partial charge in [0.15, 0.2) is 11.6 Å². The number of anilines is 1. The van der Waals surface area contributed by atoms with Gasteiger partial charge in [-0.15, -0.1) is 11.3 Å². The number of nitriles is 1. The molecule has 41 heavy (non-hydrogen) atoms. The Morgan fingerprint density at radius 3 is 2.90 bits per heavy atom. The Balaban J connectivity index is 1.39. The van der Waals surface area contributed by atoms with Crippen LogP contribution in [0, 0.1) is 11.3 Å². The number of amides is 1. The van der Waals surface area contributed by atoms with Crippen LogP contribution in [0.3, 0.4) is 0 Å². The fourth-order valence-corrected chi connectivity index (χ4v) is 6.68. The molecule has 0 spiro atoms. The molecule has 2 atom stereocenters. The molecule has 210 valence electrons. The van der Waals surface area contributed by atoms with E-state index in [2.05, 4.69) is 48.2 Å². The monoisotopic (exact) mass is 571 g/mol. The van der Waals surface area contributed by atoms with Crippen LogP contribution in [-0.2, 0) is 4.79 Å². The molecule has 1 amide bonds. The molecule has 2 aliphatic heterocycles. The first-order chi connectivity index (χ1) is 19.9. The van der Waals surface area contributed by atoms with Gasteiger partial charge >= 0.3 is 6.01 Å². The zero-order chi connectivity index (χ0) is 28.5. The van der Waals surface area contributed by atoms with Gasteiger partial charge in [0.25, 0.3) is 5.91 Å². The van der Waals surface area contributed by atoms with E-state index in [1.54, 1.807) is 11.3 Å². The van der Waals surface area contributed by atoms with E-state index in [1.165, 1.54) is 15.0 Å². The Morgan fingerprint density at radius 2 is 2.12 bits per heavy atom. The van der Waals surface area contributed by atoms with Gasteiger partial charge < -0.3 is 19.4 Å². The summed E-state index contributed by atoms with van der Waals surface area (Å²) in [5.41, 5.74) is 3.26. The summed E-state index contributed by atoms with van der Waals surface area (Å²) in [6.45, 7) is 5.57. The van der Waals surface area contributed by atoms with Crippen LogP contribution in [0.15, 0.2) is 54.3 Å². The van der Waals surface area contributed by atoms with Crippen LogP contribution in [-0.4, -0.2) is 82.6 Å². The Kier molecular flexibility index (Phi) is 7.51. The number of likely N-dealkylation sites (tertiary alicyclic amines) is 1. The Labute approximate surface area is 241 Å². The summed E-state index contributed by atoms with van der Waals surface area (Å²) < 4.78 is 21.1. The van der Waals surface area contributed by atoms with E-state index >= 15 is 0 Å². The molecule has 2 fully saturated rings. The molecule has 0 radical (unpaired) electrons. The molecule has 1 aromatic carbocycles. The SMILES string of the molecule is C=C(F)C(=O)N1CCN(c2nc(OC[C@@H]3CCCN3C)nc3cc(-c4cccc5ccsc45)cnc23)C[C@@H]1CC#N. The van der Waals surface area contributed by atoms with Gasteiger partial charge in [0, 0.05) is 47.7 Å². The Bertz CT molecular complexity index is 1670. The molecular weight excluding hydrogens is 541 g/mol. The minimum atomic E-state index is -1.03. The number of fused-ring (bicyclic) bond motifs is 2. The van der Waals surface area contributed by atoms with Gasteiger partial charge in [-0.05, 0) is 49.3 Å². The van der Waals surface area contributed by atoms with Crippen molar-refractivity contribution in [1.82, 2.24) is 24.8 Å². The Hall–Kier alpha value is -4.14. The lowest BCUT2D eigenvalue weighted by Gasteiger charge is -2.41. The molecule has 0 unspecified atom stereocenters. The lowest BCUT2D eigenvalue weighted by Crippen LogP contribution is -2.55. The highest BCUT2D eigenvalue weighted by molar-refractivity contribution is 7.17. The first-order valence-electron chi connectivity index (χ1n) is 13.7. The molecule has 2 aliphatic rings. The van der Waals surface area contributed by atoms with E-state index < -0.39 is 17.8 Å². The van der Waals surface area contributed by atoms with Gasteiger partial charge in [0.05, 0.1) is 24.0 Å². The third-order valence-corrected chi connectivity index (χ3v) is 8.93. The quantitative estimate of drug-likeness (QED) is 0.292. The third kappa shape index (κ3) is 5.33. The second kappa shape index (κ2) is 11.4. The van der Waals surface area contributed by atoms with Crippen LogP contribution in [0.4, 0.5) is 10.2 Å². The molecule has 6 rings (SSSR count). The smallest absolute Gasteiger partial charge is 0.319 e. The molecule has 11 heteroatoms. The van der Waals surface area contributed by atoms with Crippen LogP contribution < -0.4 is 9.64 Å². The topological polar surface area (TPSA) is 98.5 Å². The van der Waals surface area contributed by atoms with Crippen LogP contribution >= 0.6 is 11.3 Å². The van der Waals surface area contributed by atoms with Gasteiger partial charge in [-0.2, -0.15) is 15.2 Å². The summed E-state index contributed by atoms with van der Waals surface area (Å²) in [6.07, 6.45) is 4.07. The van der Waals surface area contributed by atoms with E-state index in [4.69, 9.17) is 19.7 Å². The standard InChI is InChI=1S/C30H30FN7O2S/c1-19(31)29(39)38-13-12-37(17-22(38)8-10-32)28-26-25(34-30(35-28)40-18-23-6-4-11-36(23)2)15-21(16-33-26)24-7-3-5-20-9-14-41-27(20)24/h3,5,7,9,14-16,22-23H,1,4,6,8,11-13,17-18H2,2H3/t22-,23-/m0/s1. The lowest BCUT2D eigenvalue weighted by atomic mass is 10.1. The molecular formula is C30H30FN7O2S. The van der Waals surface area contributed by atoms with E-state index in [0.717, 1.165) is 30.5 Å². The molecule has 0 bridgehead atoms. The highest BCUT2D eigenvalue weighted by Gasteiger charge is 2.33. The first-order valence-corrected chi connectivity index (χ1v) is 14.6. The number of carbonyl (C=O) groups is 1. The lowest BCUT2D eigenvalue weighted by molar-refractivity contribution is -0.131.